The third-order valence-electron chi connectivity index (χ3n) is 4.82. The molecule has 2 N–H and O–H groups in total. The number of ether oxygens (including phenoxy) is 2. The van der Waals surface area contributed by atoms with Crippen LogP contribution in [-0.4, -0.2) is 78.0 Å². The van der Waals surface area contributed by atoms with Crippen LogP contribution in [-0.2, 0) is 14.3 Å². The molecule has 0 aromatic carbocycles. The van der Waals surface area contributed by atoms with Gasteiger partial charge in [0.25, 0.3) is 5.91 Å². The van der Waals surface area contributed by atoms with Gasteiger partial charge in [-0.1, -0.05) is 6.07 Å². The first-order valence-corrected chi connectivity index (χ1v) is 8.92. The fourth-order valence-corrected chi connectivity index (χ4v) is 3.52. The molecule has 142 valence electrons. The highest BCUT2D eigenvalue weighted by Crippen LogP contribution is 2.28. The maximum atomic E-state index is 13.0. The summed E-state index contributed by atoms with van der Waals surface area (Å²) in [7, 11) is 1.60. The summed E-state index contributed by atoms with van der Waals surface area (Å²) in [5, 5.41) is 12.7. The summed E-state index contributed by atoms with van der Waals surface area (Å²) in [6.45, 7) is 0.580. The Bertz CT molecular complexity index is 627. The van der Waals surface area contributed by atoms with Gasteiger partial charge in [0.1, 0.15) is 11.8 Å². The third kappa shape index (κ3) is 4.38. The van der Waals surface area contributed by atoms with Gasteiger partial charge < -0.3 is 24.8 Å². The smallest absolute Gasteiger partial charge is 0.272 e. The van der Waals surface area contributed by atoms with E-state index in [1.165, 1.54) is 0 Å². The molecule has 1 aromatic heterocycles. The number of aliphatic hydroxyl groups excluding tert-OH is 1. The summed E-state index contributed by atoms with van der Waals surface area (Å²) in [4.78, 5) is 30.4. The van der Waals surface area contributed by atoms with E-state index in [4.69, 9.17) is 9.47 Å². The highest BCUT2D eigenvalue weighted by atomic mass is 16.5. The van der Waals surface area contributed by atoms with Gasteiger partial charge in [0.15, 0.2) is 0 Å². The molecule has 26 heavy (non-hydrogen) atoms. The highest BCUT2D eigenvalue weighted by Gasteiger charge is 2.40. The summed E-state index contributed by atoms with van der Waals surface area (Å²) >= 11 is 0. The van der Waals surface area contributed by atoms with Crippen LogP contribution >= 0.6 is 0 Å². The number of nitrogens with zero attached hydrogens (tertiary/aromatic N) is 2. The van der Waals surface area contributed by atoms with Crippen molar-refractivity contribution in [2.24, 2.45) is 0 Å². The zero-order chi connectivity index (χ0) is 18.5. The zero-order valence-corrected chi connectivity index (χ0v) is 14.8. The van der Waals surface area contributed by atoms with Crippen LogP contribution in [0.4, 0.5) is 0 Å². The first-order chi connectivity index (χ1) is 12.6. The van der Waals surface area contributed by atoms with Gasteiger partial charge in [0.05, 0.1) is 37.9 Å². The minimum Gasteiger partial charge on any atom is -0.389 e. The van der Waals surface area contributed by atoms with Gasteiger partial charge in [0, 0.05) is 19.8 Å². The number of aromatic nitrogens is 1. The lowest BCUT2D eigenvalue weighted by molar-refractivity contribution is -0.150. The maximum Gasteiger partial charge on any atom is 0.272 e. The molecule has 4 atom stereocenters. The van der Waals surface area contributed by atoms with E-state index in [0.29, 0.717) is 18.5 Å². The Kier molecular flexibility index (Phi) is 6.18. The molecule has 2 fully saturated rings. The number of pyridine rings is 1. The lowest BCUT2D eigenvalue weighted by Gasteiger charge is -2.44. The molecule has 1 aromatic rings. The Morgan fingerprint density at radius 1 is 1.35 bits per heavy atom. The van der Waals surface area contributed by atoms with E-state index in [1.807, 2.05) is 0 Å². The van der Waals surface area contributed by atoms with Crippen molar-refractivity contribution < 1.29 is 24.2 Å². The average Bonchev–Trinajstić information content (AvgIpc) is 2.65. The molecule has 2 aliphatic heterocycles. The number of nitrogens with one attached hydrogen (secondary N) is 1. The third-order valence-corrected chi connectivity index (χ3v) is 4.82. The molecule has 2 aliphatic rings. The number of hydrogen-bond acceptors (Lipinski definition) is 6. The summed E-state index contributed by atoms with van der Waals surface area (Å²) in [5.41, 5.74) is 0.340. The van der Waals surface area contributed by atoms with Crippen LogP contribution in [0.3, 0.4) is 0 Å². The summed E-state index contributed by atoms with van der Waals surface area (Å²) in [6, 6.07) is 4.96. The van der Waals surface area contributed by atoms with E-state index in [0.717, 1.165) is 0 Å². The van der Waals surface area contributed by atoms with Gasteiger partial charge >= 0.3 is 0 Å². The van der Waals surface area contributed by atoms with E-state index in [9.17, 15) is 14.7 Å². The normalized spacial score (nSPS) is 29.2. The lowest BCUT2D eigenvalue weighted by Crippen LogP contribution is -2.57. The maximum absolute atomic E-state index is 13.0. The Hall–Kier alpha value is -2.03. The second-order valence-electron chi connectivity index (χ2n) is 6.68. The van der Waals surface area contributed by atoms with Crippen molar-refractivity contribution in [3.05, 3.63) is 30.1 Å². The van der Waals surface area contributed by atoms with E-state index < -0.39 is 6.10 Å². The highest BCUT2D eigenvalue weighted by molar-refractivity contribution is 5.92. The molecule has 0 aliphatic carbocycles. The van der Waals surface area contributed by atoms with Gasteiger partial charge in [-0.15, -0.1) is 0 Å². The molecule has 0 radical (unpaired) electrons. The van der Waals surface area contributed by atoms with Crippen LogP contribution < -0.4 is 5.32 Å². The van der Waals surface area contributed by atoms with Gasteiger partial charge in [-0.2, -0.15) is 0 Å². The van der Waals surface area contributed by atoms with Gasteiger partial charge in [0.2, 0.25) is 5.91 Å². The molecule has 0 bridgehead atoms. The molecule has 0 saturated carbocycles. The Balaban J connectivity index is 1.77. The average molecular weight is 363 g/mol. The molecular weight excluding hydrogens is 338 g/mol. The summed E-state index contributed by atoms with van der Waals surface area (Å²) in [5.74, 6) is -0.299. The monoisotopic (exact) mass is 363 g/mol. The largest absolute Gasteiger partial charge is 0.389 e. The topological polar surface area (TPSA) is 101 Å². The molecule has 8 nitrogen and oxygen atoms in total. The van der Waals surface area contributed by atoms with Crippen LogP contribution in [0.5, 0.6) is 0 Å². The Morgan fingerprint density at radius 3 is 2.92 bits per heavy atom. The number of aliphatic hydroxyl groups is 1. The first-order valence-electron chi connectivity index (χ1n) is 8.92. The van der Waals surface area contributed by atoms with E-state index >= 15 is 0 Å². The lowest BCUT2D eigenvalue weighted by atomic mass is 9.94. The fraction of sp³-hybridized carbons (Fsp3) is 0.611. The Labute approximate surface area is 152 Å². The van der Waals surface area contributed by atoms with Crippen LogP contribution in [0.25, 0.3) is 0 Å². The number of amides is 2. The molecule has 0 spiro atoms. The van der Waals surface area contributed by atoms with Crippen molar-refractivity contribution >= 4 is 11.8 Å². The van der Waals surface area contributed by atoms with Crippen molar-refractivity contribution in [3.8, 4) is 0 Å². The minimum absolute atomic E-state index is 0.0722. The van der Waals surface area contributed by atoms with Crippen molar-refractivity contribution in [3.63, 3.8) is 0 Å². The van der Waals surface area contributed by atoms with E-state index in [1.54, 1.807) is 36.3 Å². The SMILES string of the molecule is CNC(=O)C[C@@H]1CC[C@H]2[C@@H](COC[C@@H](O)CN2C(=O)c2ccccn2)O1. The standard InChI is InChI=1S/C18H25N3O5/c1-19-17(23)8-13-5-6-15-16(26-13)11-25-10-12(22)9-21(15)18(24)14-4-2-3-7-20-14/h2-4,7,12-13,15-16,22H,5-6,8-11H2,1H3,(H,19,23)/t12-,13-,15-,16+/m0/s1. The molecular formula is C18H25N3O5. The van der Waals surface area contributed by atoms with Gasteiger partial charge in [-0.3, -0.25) is 14.6 Å². The Morgan fingerprint density at radius 2 is 2.19 bits per heavy atom. The number of β-amino-alcohol motifs (C(OH)–C–C–N with tert-alkyl or cyclic N) is 1. The fourth-order valence-electron chi connectivity index (χ4n) is 3.52. The summed E-state index contributed by atoms with van der Waals surface area (Å²) in [6.07, 6.45) is 1.92. The number of carbonyl (C=O) groups is 2. The van der Waals surface area contributed by atoms with Crippen molar-refractivity contribution in [1.29, 1.82) is 0 Å². The van der Waals surface area contributed by atoms with Crippen LogP contribution in [0.2, 0.25) is 0 Å². The summed E-state index contributed by atoms with van der Waals surface area (Å²) < 4.78 is 11.6. The second-order valence-corrected chi connectivity index (χ2v) is 6.68. The van der Waals surface area contributed by atoms with Crippen molar-refractivity contribution in [2.45, 2.75) is 43.6 Å². The molecule has 8 heteroatoms. The van der Waals surface area contributed by atoms with Crippen LogP contribution in [0.15, 0.2) is 24.4 Å². The van der Waals surface area contributed by atoms with Crippen LogP contribution in [0.1, 0.15) is 29.8 Å². The molecule has 0 unspecified atom stereocenters. The molecule has 2 saturated heterocycles. The number of carbonyl (C=O) groups excluding carboxylic acids is 2. The number of rotatable bonds is 3. The predicted molar refractivity (Wildman–Crippen MR) is 92.5 cm³/mol. The van der Waals surface area contributed by atoms with Crippen molar-refractivity contribution in [2.75, 3.05) is 26.8 Å². The van der Waals surface area contributed by atoms with E-state index in [2.05, 4.69) is 10.3 Å². The first kappa shape index (κ1) is 18.8. The predicted octanol–water partition coefficient (Wildman–Crippen LogP) is -0.0328. The van der Waals surface area contributed by atoms with Crippen LogP contribution in [0, 0.1) is 0 Å². The molecule has 3 rings (SSSR count). The quantitative estimate of drug-likeness (QED) is 0.782. The zero-order valence-electron chi connectivity index (χ0n) is 14.8. The number of fused-ring (bicyclic) bond motifs is 1. The second kappa shape index (κ2) is 8.57. The minimum atomic E-state index is -0.757. The number of hydrogen-bond donors (Lipinski definition) is 2. The molecule has 3 heterocycles. The molecule has 2 amide bonds. The van der Waals surface area contributed by atoms with Crippen molar-refractivity contribution in [1.82, 2.24) is 15.2 Å². The van der Waals surface area contributed by atoms with Gasteiger partial charge in [-0.25, -0.2) is 0 Å². The van der Waals surface area contributed by atoms with Gasteiger partial charge in [-0.05, 0) is 25.0 Å². The van der Waals surface area contributed by atoms with E-state index in [-0.39, 0.29) is 56.2 Å².